The molecule has 0 aromatic heterocycles. The van der Waals surface area contributed by atoms with Crippen molar-refractivity contribution in [1.29, 1.82) is 0 Å². The molecule has 0 aliphatic carbocycles. The second kappa shape index (κ2) is 13.6. The average molecular weight is 434 g/mol. The van der Waals surface area contributed by atoms with E-state index >= 15 is 0 Å². The molecule has 1 heterocycles. The van der Waals surface area contributed by atoms with Gasteiger partial charge in [0.2, 0.25) is 0 Å². The highest BCUT2D eigenvalue weighted by Gasteiger charge is 2.17. The molecule has 0 spiro atoms. The Hall–Kier alpha value is -1.83. The van der Waals surface area contributed by atoms with Crippen molar-refractivity contribution in [2.24, 2.45) is 10.9 Å². The lowest BCUT2D eigenvalue weighted by atomic mass is 10.1. The molecule has 0 saturated carbocycles. The largest absolute Gasteiger partial charge is 0.491 e. The Morgan fingerprint density at radius 3 is 2.26 bits per heavy atom. The van der Waals surface area contributed by atoms with Gasteiger partial charge in [-0.25, -0.2) is 0 Å². The van der Waals surface area contributed by atoms with E-state index in [4.69, 9.17) is 9.73 Å². The zero-order chi connectivity index (χ0) is 22.6. The average Bonchev–Trinajstić information content (AvgIpc) is 2.76. The first-order valence-corrected chi connectivity index (χ1v) is 11.8. The summed E-state index contributed by atoms with van der Waals surface area (Å²) in [5, 5.41) is 17.1. The second-order valence-electron chi connectivity index (χ2n) is 8.69. The van der Waals surface area contributed by atoms with Gasteiger partial charge < -0.3 is 30.3 Å². The zero-order valence-electron chi connectivity index (χ0n) is 20.1. The fraction of sp³-hybridized carbons (Fsp3) is 0.708. The molecule has 2 atom stereocenters. The Morgan fingerprint density at radius 1 is 1.03 bits per heavy atom. The Labute approximate surface area is 188 Å². The van der Waals surface area contributed by atoms with Gasteiger partial charge in [0.25, 0.3) is 0 Å². The number of piperazine rings is 1. The third-order valence-corrected chi connectivity index (χ3v) is 5.49. The molecule has 0 bridgehead atoms. The maximum Gasteiger partial charge on any atom is 0.191 e. The Bertz CT molecular complexity index is 642. The van der Waals surface area contributed by atoms with E-state index in [0.29, 0.717) is 12.5 Å². The Morgan fingerprint density at radius 2 is 1.68 bits per heavy atom. The summed E-state index contributed by atoms with van der Waals surface area (Å²) < 4.78 is 5.67. The highest BCUT2D eigenvalue weighted by Crippen LogP contribution is 2.18. The van der Waals surface area contributed by atoms with Gasteiger partial charge in [-0.3, -0.25) is 4.99 Å². The molecule has 0 radical (unpaired) electrons. The predicted molar refractivity (Wildman–Crippen MR) is 129 cm³/mol. The summed E-state index contributed by atoms with van der Waals surface area (Å²) in [5.41, 5.74) is 0.860. The van der Waals surface area contributed by atoms with Crippen molar-refractivity contribution in [3.05, 3.63) is 29.8 Å². The summed E-state index contributed by atoms with van der Waals surface area (Å²) in [6.45, 7) is 19.4. The van der Waals surface area contributed by atoms with Crippen LogP contribution in [0.4, 0.5) is 0 Å². The number of aliphatic imine (C=N–C) groups is 1. The van der Waals surface area contributed by atoms with Gasteiger partial charge in [-0.15, -0.1) is 0 Å². The number of nitrogens with one attached hydrogen (secondary N) is 2. The fourth-order valence-corrected chi connectivity index (χ4v) is 3.73. The number of benzene rings is 1. The fourth-order valence-electron chi connectivity index (χ4n) is 3.73. The van der Waals surface area contributed by atoms with Crippen LogP contribution in [0.3, 0.4) is 0 Å². The topological polar surface area (TPSA) is 72.4 Å². The molecule has 2 rings (SSSR count). The number of nitrogens with zero attached hydrogens (tertiary/aromatic N) is 3. The van der Waals surface area contributed by atoms with E-state index in [2.05, 4.69) is 41.2 Å². The number of guanidine groups is 1. The molecule has 1 aliphatic heterocycles. The van der Waals surface area contributed by atoms with Gasteiger partial charge in [0.15, 0.2) is 5.96 Å². The molecule has 7 heteroatoms. The van der Waals surface area contributed by atoms with Gasteiger partial charge in [0.05, 0.1) is 12.2 Å². The maximum atomic E-state index is 10.5. The minimum atomic E-state index is -0.607. The SMILES string of the molecule is CCNC(=NCC(C)CN1CCN(CC)CC1)NCC(O)c1ccc(OC(C)C)cc1. The minimum absolute atomic E-state index is 0.139. The minimum Gasteiger partial charge on any atom is -0.491 e. The van der Waals surface area contributed by atoms with Crippen LogP contribution in [0, 0.1) is 5.92 Å². The molecule has 7 nitrogen and oxygen atoms in total. The van der Waals surface area contributed by atoms with Crippen LogP contribution in [-0.4, -0.2) is 85.9 Å². The molecular formula is C24H43N5O2. The highest BCUT2D eigenvalue weighted by molar-refractivity contribution is 5.79. The summed E-state index contributed by atoms with van der Waals surface area (Å²) in [5.74, 6) is 2.06. The van der Waals surface area contributed by atoms with Crippen molar-refractivity contribution in [2.75, 3.05) is 58.9 Å². The quantitative estimate of drug-likeness (QED) is 0.368. The molecular weight excluding hydrogens is 390 g/mol. The summed E-state index contributed by atoms with van der Waals surface area (Å²) in [6.07, 6.45) is -0.469. The monoisotopic (exact) mass is 433 g/mol. The van der Waals surface area contributed by atoms with Crippen molar-refractivity contribution in [2.45, 2.75) is 46.8 Å². The number of likely N-dealkylation sites (N-methyl/N-ethyl adjacent to an activating group) is 1. The van der Waals surface area contributed by atoms with Crippen LogP contribution in [0.5, 0.6) is 5.75 Å². The van der Waals surface area contributed by atoms with Crippen LogP contribution in [0.15, 0.2) is 29.3 Å². The molecule has 3 N–H and O–H groups in total. The van der Waals surface area contributed by atoms with E-state index in [1.165, 1.54) is 13.1 Å². The van der Waals surface area contributed by atoms with Gasteiger partial charge >= 0.3 is 0 Å². The number of ether oxygens (including phenoxy) is 1. The van der Waals surface area contributed by atoms with Crippen LogP contribution in [-0.2, 0) is 0 Å². The van der Waals surface area contributed by atoms with Gasteiger partial charge in [0, 0.05) is 52.4 Å². The van der Waals surface area contributed by atoms with Gasteiger partial charge in [-0.1, -0.05) is 26.0 Å². The van der Waals surface area contributed by atoms with Gasteiger partial charge in [0.1, 0.15) is 5.75 Å². The first-order chi connectivity index (χ1) is 14.9. The van der Waals surface area contributed by atoms with E-state index in [-0.39, 0.29) is 6.10 Å². The molecule has 176 valence electrons. The van der Waals surface area contributed by atoms with E-state index in [0.717, 1.165) is 56.5 Å². The molecule has 1 fully saturated rings. The third kappa shape index (κ3) is 9.46. The van der Waals surface area contributed by atoms with E-state index in [1.807, 2.05) is 38.1 Å². The first-order valence-electron chi connectivity index (χ1n) is 11.8. The second-order valence-corrected chi connectivity index (χ2v) is 8.69. The van der Waals surface area contributed by atoms with Crippen molar-refractivity contribution >= 4 is 5.96 Å². The molecule has 31 heavy (non-hydrogen) atoms. The molecule has 0 amide bonds. The highest BCUT2D eigenvalue weighted by atomic mass is 16.5. The lowest BCUT2D eigenvalue weighted by Gasteiger charge is -2.35. The zero-order valence-corrected chi connectivity index (χ0v) is 20.1. The number of hydrogen-bond acceptors (Lipinski definition) is 5. The third-order valence-electron chi connectivity index (χ3n) is 5.49. The molecule has 1 saturated heterocycles. The van der Waals surface area contributed by atoms with E-state index in [1.54, 1.807) is 0 Å². The predicted octanol–water partition coefficient (Wildman–Crippen LogP) is 2.34. The summed E-state index contributed by atoms with van der Waals surface area (Å²) in [6, 6.07) is 7.63. The summed E-state index contributed by atoms with van der Waals surface area (Å²) in [7, 11) is 0. The Balaban J connectivity index is 1.79. The van der Waals surface area contributed by atoms with E-state index in [9.17, 15) is 5.11 Å². The summed E-state index contributed by atoms with van der Waals surface area (Å²) in [4.78, 5) is 9.80. The lowest BCUT2D eigenvalue weighted by Crippen LogP contribution is -2.47. The van der Waals surface area contributed by atoms with Crippen LogP contribution in [0.1, 0.15) is 46.3 Å². The molecule has 1 aromatic carbocycles. The summed E-state index contributed by atoms with van der Waals surface area (Å²) >= 11 is 0. The van der Waals surface area contributed by atoms with Crippen molar-refractivity contribution in [1.82, 2.24) is 20.4 Å². The van der Waals surface area contributed by atoms with Crippen molar-refractivity contribution in [3.63, 3.8) is 0 Å². The number of aliphatic hydroxyl groups excluding tert-OH is 1. The standard InChI is InChI=1S/C24H43N5O2/c1-6-25-24(26-16-20(5)18-29-14-12-28(7-2)13-15-29)27-17-23(30)21-8-10-22(11-9-21)31-19(3)4/h8-11,19-20,23,30H,6-7,12-18H2,1-5H3,(H2,25,26,27). The van der Waals surface area contributed by atoms with Crippen LogP contribution in [0.25, 0.3) is 0 Å². The molecule has 1 aromatic rings. The molecule has 1 aliphatic rings. The van der Waals surface area contributed by atoms with Crippen LogP contribution >= 0.6 is 0 Å². The molecule has 2 unspecified atom stereocenters. The smallest absolute Gasteiger partial charge is 0.191 e. The normalized spacial score (nSPS) is 18.1. The maximum absolute atomic E-state index is 10.5. The lowest BCUT2D eigenvalue weighted by molar-refractivity contribution is 0.125. The van der Waals surface area contributed by atoms with Gasteiger partial charge in [-0.05, 0) is 50.9 Å². The number of rotatable bonds is 11. The van der Waals surface area contributed by atoms with Crippen LogP contribution in [0.2, 0.25) is 0 Å². The number of aliphatic hydroxyl groups is 1. The van der Waals surface area contributed by atoms with Crippen LogP contribution < -0.4 is 15.4 Å². The van der Waals surface area contributed by atoms with Gasteiger partial charge in [-0.2, -0.15) is 0 Å². The number of hydrogen-bond donors (Lipinski definition) is 3. The first kappa shape index (κ1) is 25.4. The van der Waals surface area contributed by atoms with Crippen molar-refractivity contribution < 1.29 is 9.84 Å². The van der Waals surface area contributed by atoms with E-state index < -0.39 is 6.10 Å². The van der Waals surface area contributed by atoms with Crippen molar-refractivity contribution in [3.8, 4) is 5.75 Å². The Kier molecular flexibility index (Phi) is 11.1.